The fourth-order valence-corrected chi connectivity index (χ4v) is 3.16. The Morgan fingerprint density at radius 3 is 1.18 bits per heavy atom. The van der Waals surface area contributed by atoms with E-state index in [2.05, 4.69) is 37.7 Å². The van der Waals surface area contributed by atoms with Gasteiger partial charge in [0.05, 0.1) is 11.4 Å². The van der Waals surface area contributed by atoms with Crippen molar-refractivity contribution >= 4 is 73.4 Å². The van der Waals surface area contributed by atoms with Crippen molar-refractivity contribution < 1.29 is 40.8 Å². The molecule has 0 saturated carbocycles. The van der Waals surface area contributed by atoms with Crippen LogP contribution in [0, 0.1) is 27.7 Å². The average molecular weight is 729 g/mol. The Balaban J connectivity index is -0.000000750. The fourth-order valence-electron chi connectivity index (χ4n) is 3.16. The molecule has 3 rings (SSSR count). The molecule has 0 saturated heterocycles. The van der Waals surface area contributed by atoms with Crippen molar-refractivity contribution in [2.75, 3.05) is 0 Å². The smallest absolute Gasteiger partial charge is 0.0690 e. The maximum Gasteiger partial charge on any atom is 0.0690 e. The van der Waals surface area contributed by atoms with Crippen LogP contribution in [0.15, 0.2) is 58.8 Å². The molecule has 3 aromatic rings. The zero-order valence-electron chi connectivity index (χ0n) is 19.2. The minimum absolute atomic E-state index is 0. The summed E-state index contributed by atoms with van der Waals surface area (Å²) in [6.45, 7) is 8.47. The van der Waals surface area contributed by atoms with E-state index < -0.39 is 0 Å². The summed E-state index contributed by atoms with van der Waals surface area (Å²) < 4.78 is 0. The van der Waals surface area contributed by atoms with E-state index in [0.717, 1.165) is 35.6 Å². The van der Waals surface area contributed by atoms with Crippen molar-refractivity contribution in [1.29, 1.82) is 0 Å². The molecule has 0 N–H and O–H groups in total. The molecule has 0 atom stereocenters. The number of hydrogen-bond donors (Lipinski definition) is 0. The van der Waals surface area contributed by atoms with Crippen LogP contribution in [0.5, 0.6) is 0 Å². The summed E-state index contributed by atoms with van der Waals surface area (Å²) in [7, 11) is 0. The number of rotatable bonds is 6. The molecule has 0 aliphatic heterocycles. The number of aromatic nitrogens is 2. The van der Waals surface area contributed by atoms with Crippen LogP contribution < -0.4 is 0 Å². The first-order valence-corrected chi connectivity index (χ1v) is 9.53. The first-order valence-electron chi connectivity index (χ1n) is 9.53. The standard InChI is InChI=1S/C24H26N4.4ClH.2Pd/c1-17-18(2)24(28-16-12-22-10-6-8-14-26-22)20(4)19(3)23(17)27-15-11-21-9-5-7-13-25-21;;;;;;/h5-10,13-16H,11-12H2,1-4H3;4*1H;;. The Bertz CT molecular complexity index is 907. The van der Waals surface area contributed by atoms with Crippen molar-refractivity contribution in [3.63, 3.8) is 0 Å². The molecule has 0 radical (unpaired) electrons. The normalized spacial score (nSPS) is 9.53. The molecule has 34 heavy (non-hydrogen) atoms. The number of nitrogens with zero attached hydrogens (tertiary/aromatic N) is 4. The summed E-state index contributed by atoms with van der Waals surface area (Å²) in [4.78, 5) is 18.2. The fraction of sp³-hybridized carbons (Fsp3) is 0.250. The summed E-state index contributed by atoms with van der Waals surface area (Å²) >= 11 is 0. The van der Waals surface area contributed by atoms with Gasteiger partial charge in [0.2, 0.25) is 0 Å². The van der Waals surface area contributed by atoms with Crippen LogP contribution in [-0.4, -0.2) is 22.4 Å². The van der Waals surface area contributed by atoms with Crippen LogP contribution in [0.4, 0.5) is 11.4 Å². The van der Waals surface area contributed by atoms with Crippen molar-refractivity contribution in [1.82, 2.24) is 9.97 Å². The van der Waals surface area contributed by atoms with E-state index in [1.165, 1.54) is 22.3 Å². The van der Waals surface area contributed by atoms with Crippen LogP contribution in [0.25, 0.3) is 0 Å². The zero-order valence-corrected chi connectivity index (χ0v) is 25.6. The van der Waals surface area contributed by atoms with Crippen LogP contribution in [0.1, 0.15) is 33.6 Å². The van der Waals surface area contributed by atoms with Crippen LogP contribution in [-0.2, 0) is 53.7 Å². The third-order valence-electron chi connectivity index (χ3n) is 5.04. The Morgan fingerprint density at radius 1 is 0.588 bits per heavy atom. The number of pyridine rings is 2. The number of halogens is 4. The van der Waals surface area contributed by atoms with Crippen molar-refractivity contribution in [2.45, 2.75) is 40.5 Å². The Morgan fingerprint density at radius 2 is 0.912 bits per heavy atom. The quantitative estimate of drug-likeness (QED) is 0.198. The molecule has 2 aromatic heterocycles. The van der Waals surface area contributed by atoms with Gasteiger partial charge in [0.25, 0.3) is 0 Å². The molecule has 194 valence electrons. The van der Waals surface area contributed by atoms with Gasteiger partial charge < -0.3 is 0 Å². The largest absolute Gasteiger partial charge is 0.261 e. The summed E-state index contributed by atoms with van der Waals surface area (Å²) in [5.41, 5.74) is 8.80. The van der Waals surface area contributed by atoms with Gasteiger partial charge in [-0.05, 0) is 74.2 Å². The summed E-state index contributed by atoms with van der Waals surface area (Å²) in [5, 5.41) is 0. The molecule has 1 aromatic carbocycles. The average Bonchev–Trinajstić information content (AvgIpc) is 2.73. The van der Waals surface area contributed by atoms with Gasteiger partial charge in [0, 0.05) is 89.9 Å². The maximum atomic E-state index is 4.76. The topological polar surface area (TPSA) is 50.5 Å². The van der Waals surface area contributed by atoms with E-state index in [-0.39, 0.29) is 90.5 Å². The van der Waals surface area contributed by atoms with Crippen LogP contribution >= 0.6 is 49.6 Å². The molecule has 2 heterocycles. The van der Waals surface area contributed by atoms with Crippen molar-refractivity contribution in [3.05, 3.63) is 82.4 Å². The van der Waals surface area contributed by atoms with E-state index in [9.17, 15) is 0 Å². The monoisotopic (exact) mass is 726 g/mol. The third kappa shape index (κ3) is 10.9. The number of hydrogen-bond acceptors (Lipinski definition) is 4. The van der Waals surface area contributed by atoms with Gasteiger partial charge in [-0.1, -0.05) is 12.1 Å². The second-order valence-corrected chi connectivity index (χ2v) is 6.87. The maximum absolute atomic E-state index is 4.76. The Kier molecular flexibility index (Phi) is 24.5. The minimum Gasteiger partial charge on any atom is -0.261 e. The predicted octanol–water partition coefficient (Wildman–Crippen LogP) is 7.28. The predicted molar refractivity (Wildman–Crippen MR) is 147 cm³/mol. The molecular formula is C24H30Cl4N4Pd2. The molecular weight excluding hydrogens is 699 g/mol. The third-order valence-corrected chi connectivity index (χ3v) is 5.04. The van der Waals surface area contributed by atoms with Gasteiger partial charge in [-0.3, -0.25) is 20.0 Å². The molecule has 0 bridgehead atoms. The van der Waals surface area contributed by atoms with Crippen molar-refractivity contribution in [2.24, 2.45) is 9.98 Å². The molecule has 0 unspecified atom stereocenters. The van der Waals surface area contributed by atoms with Gasteiger partial charge in [0.1, 0.15) is 0 Å². The summed E-state index contributed by atoms with van der Waals surface area (Å²) in [6, 6.07) is 11.9. The molecule has 0 fully saturated rings. The Labute approximate surface area is 255 Å². The second kappa shape index (κ2) is 20.5. The van der Waals surface area contributed by atoms with Crippen molar-refractivity contribution in [3.8, 4) is 0 Å². The molecule has 0 aliphatic rings. The summed E-state index contributed by atoms with van der Waals surface area (Å²) in [6.07, 6.45) is 8.96. The van der Waals surface area contributed by atoms with Gasteiger partial charge in [-0.15, -0.1) is 49.6 Å². The molecule has 0 aliphatic carbocycles. The second-order valence-electron chi connectivity index (χ2n) is 6.87. The van der Waals surface area contributed by atoms with E-state index in [1.807, 2.05) is 61.2 Å². The van der Waals surface area contributed by atoms with Crippen LogP contribution in [0.3, 0.4) is 0 Å². The molecule has 0 spiro atoms. The number of aliphatic imine (C=N–C) groups is 2. The SMILES string of the molecule is Cc1c(C)c(N=CCc2ccccn2)c(C)c(C)c1N=CCc1ccccn1.Cl.Cl.Cl.Cl.[Pd].[Pd]. The van der Waals surface area contributed by atoms with Gasteiger partial charge in [-0.2, -0.15) is 0 Å². The minimum atomic E-state index is 0. The summed E-state index contributed by atoms with van der Waals surface area (Å²) in [5.74, 6) is 0. The van der Waals surface area contributed by atoms with E-state index in [0.29, 0.717) is 0 Å². The number of benzene rings is 1. The molecule has 10 heteroatoms. The first-order chi connectivity index (χ1) is 13.6. The van der Waals surface area contributed by atoms with E-state index >= 15 is 0 Å². The zero-order chi connectivity index (χ0) is 19.9. The van der Waals surface area contributed by atoms with E-state index in [4.69, 9.17) is 9.98 Å². The molecule has 0 amide bonds. The van der Waals surface area contributed by atoms with Gasteiger partial charge >= 0.3 is 0 Å². The van der Waals surface area contributed by atoms with Gasteiger partial charge in [-0.25, -0.2) is 0 Å². The first kappa shape index (κ1) is 40.5. The van der Waals surface area contributed by atoms with Crippen LogP contribution in [0.2, 0.25) is 0 Å². The van der Waals surface area contributed by atoms with E-state index in [1.54, 1.807) is 0 Å². The molecule has 4 nitrogen and oxygen atoms in total. The Hall–Kier alpha value is -0.655. The van der Waals surface area contributed by atoms with Gasteiger partial charge in [0.15, 0.2) is 0 Å².